The van der Waals surface area contributed by atoms with Gasteiger partial charge < -0.3 is 26.9 Å². The zero-order chi connectivity index (χ0) is 22.5. The Balaban J connectivity index is 0.000000749. The molecule has 2 aromatic carbocycles. The number of anilines is 1. The zero-order valence-corrected chi connectivity index (χ0v) is 18.6. The molecule has 0 saturated heterocycles. The van der Waals surface area contributed by atoms with Crippen molar-refractivity contribution in [2.24, 2.45) is 0 Å². The number of hydrogen-bond acceptors (Lipinski definition) is 2. The van der Waals surface area contributed by atoms with Crippen LogP contribution in [-0.4, -0.2) is 31.4 Å². The van der Waals surface area contributed by atoms with Crippen molar-refractivity contribution in [3.8, 4) is 11.5 Å². The maximum atomic E-state index is 9.75. The van der Waals surface area contributed by atoms with Crippen LogP contribution in [0.1, 0.15) is 55.4 Å². The van der Waals surface area contributed by atoms with Crippen molar-refractivity contribution < 1.29 is 22.0 Å². The lowest BCUT2D eigenvalue weighted by molar-refractivity contribution is 0.368. The Labute approximate surface area is 171 Å². The molecule has 0 aliphatic rings. The summed E-state index contributed by atoms with van der Waals surface area (Å²) in [6.07, 6.45) is 0. The lowest BCUT2D eigenvalue weighted by Gasteiger charge is -2.28. The summed E-state index contributed by atoms with van der Waals surface area (Å²) in [7, 11) is -6.00. The van der Waals surface area contributed by atoms with E-state index in [1.165, 1.54) is 11.0 Å². The van der Waals surface area contributed by atoms with Gasteiger partial charge in [0, 0.05) is 12.1 Å². The molecule has 0 aliphatic heterocycles. The zero-order valence-electron chi connectivity index (χ0n) is 18.6. The Morgan fingerprint density at radius 1 is 0.793 bits per heavy atom. The number of ether oxygens (including phenoxy) is 1. The molecule has 8 heteroatoms. The second-order valence-corrected chi connectivity index (χ2v) is 8.13. The molecule has 29 heavy (non-hydrogen) atoms. The highest BCUT2D eigenvalue weighted by Crippen LogP contribution is 2.37. The van der Waals surface area contributed by atoms with Crippen molar-refractivity contribution in [2.75, 3.05) is 4.90 Å². The van der Waals surface area contributed by atoms with Gasteiger partial charge in [-0.1, -0.05) is 18.2 Å². The largest absolute Gasteiger partial charge is 0.673 e. The fourth-order valence-electron chi connectivity index (χ4n) is 3.56. The third kappa shape index (κ3) is 7.74. The summed E-state index contributed by atoms with van der Waals surface area (Å²) >= 11 is 0. The molecule has 2 rings (SSSR count). The highest BCUT2D eigenvalue weighted by Gasteiger charge is 2.39. The second kappa shape index (κ2) is 10.2. The van der Waals surface area contributed by atoms with Crippen LogP contribution in [0.2, 0.25) is 0 Å². The van der Waals surface area contributed by atoms with Gasteiger partial charge in [-0.25, -0.2) is 4.58 Å². The van der Waals surface area contributed by atoms with Crippen molar-refractivity contribution in [2.45, 2.75) is 79.6 Å². The van der Waals surface area contributed by atoms with Crippen LogP contribution in [0.25, 0.3) is 0 Å². The first-order valence-corrected chi connectivity index (χ1v) is 10.0. The lowest BCUT2D eigenvalue weighted by Crippen LogP contribution is -2.41. The van der Waals surface area contributed by atoms with Gasteiger partial charge in [0.1, 0.15) is 17.8 Å². The lowest BCUT2D eigenvalue weighted by atomic mass is 10.2. The molecular weight excluding hydrogens is 383 g/mol. The summed E-state index contributed by atoms with van der Waals surface area (Å²) < 4.78 is 47.7. The van der Waals surface area contributed by atoms with Gasteiger partial charge in [0.15, 0.2) is 5.69 Å². The van der Waals surface area contributed by atoms with Crippen LogP contribution in [0.3, 0.4) is 0 Å². The normalized spacial score (nSPS) is 12.0. The van der Waals surface area contributed by atoms with Crippen LogP contribution in [0.4, 0.5) is 23.0 Å². The van der Waals surface area contributed by atoms with E-state index in [-0.39, 0.29) is 0 Å². The molecule has 0 unspecified atom stereocenters. The number of hydrogen-bond donors (Lipinski definition) is 0. The Hall–Kier alpha value is -1.99. The molecule has 0 aliphatic carbocycles. The Bertz CT molecular complexity index is 752. The summed E-state index contributed by atoms with van der Waals surface area (Å²) in [6.45, 7) is 18.0. The molecule has 0 spiro atoms. The molecule has 0 atom stereocenters. The van der Waals surface area contributed by atoms with E-state index < -0.39 is 7.25 Å². The van der Waals surface area contributed by atoms with Gasteiger partial charge in [0.25, 0.3) is 5.36 Å². The predicted octanol–water partition coefficient (Wildman–Crippen LogP) is 5.87. The van der Waals surface area contributed by atoms with E-state index in [1.807, 2.05) is 30.3 Å². The van der Waals surface area contributed by atoms with Crippen molar-refractivity contribution in [1.82, 2.24) is 4.58 Å². The summed E-state index contributed by atoms with van der Waals surface area (Å²) in [6, 6.07) is 11.8. The number of nitrogens with zero attached hydrogens (tertiary/aromatic N) is 2. The first-order valence-electron chi connectivity index (χ1n) is 10.0. The second-order valence-electron chi connectivity index (χ2n) is 8.13. The van der Waals surface area contributed by atoms with Crippen molar-refractivity contribution in [3.05, 3.63) is 35.7 Å². The molecule has 0 N–H and O–H groups in total. The van der Waals surface area contributed by atoms with E-state index in [9.17, 15) is 17.3 Å². The fraction of sp³-hybridized carbons (Fsp3) is 0.571. The Kier molecular flexibility index (Phi) is 8.78. The quantitative estimate of drug-likeness (QED) is 0.319. The molecule has 0 fully saturated rings. The average molecular weight is 416 g/mol. The van der Waals surface area contributed by atoms with E-state index in [0.29, 0.717) is 24.2 Å². The first-order chi connectivity index (χ1) is 13.3. The van der Waals surface area contributed by atoms with Gasteiger partial charge in [0.05, 0.1) is 0 Å². The van der Waals surface area contributed by atoms with Gasteiger partial charge in [-0.3, -0.25) is 0 Å². The minimum atomic E-state index is -6.00. The van der Waals surface area contributed by atoms with Crippen LogP contribution in [0.5, 0.6) is 11.5 Å². The van der Waals surface area contributed by atoms with Gasteiger partial charge in [-0.2, -0.15) is 0 Å². The van der Waals surface area contributed by atoms with Gasteiger partial charge >= 0.3 is 7.25 Å². The van der Waals surface area contributed by atoms with Crippen LogP contribution in [0.15, 0.2) is 30.3 Å². The maximum Gasteiger partial charge on any atom is 0.673 e. The highest BCUT2D eigenvalue weighted by molar-refractivity contribution is 6.50. The summed E-state index contributed by atoms with van der Waals surface area (Å²) in [4.78, 5) is 2.46. The van der Waals surface area contributed by atoms with Gasteiger partial charge in [-0.05, 0) is 67.5 Å². The van der Waals surface area contributed by atoms with Crippen LogP contribution in [0, 0.1) is 0 Å². The van der Waals surface area contributed by atoms with Crippen LogP contribution < -0.4 is 19.6 Å². The summed E-state index contributed by atoms with van der Waals surface area (Å²) in [5.41, 5.74) is 1.27. The first kappa shape index (κ1) is 25.1. The minimum absolute atomic E-state index is 0.438. The number of halogens is 4. The highest BCUT2D eigenvalue weighted by atomic mass is 19.5. The Morgan fingerprint density at radius 3 is 1.55 bits per heavy atom. The van der Waals surface area contributed by atoms with E-state index in [2.05, 4.69) is 64.9 Å². The number of para-hydroxylation sites is 1. The molecular formula is C21H33BF4N2O. The molecule has 0 radical (unpaired) electrons. The van der Waals surface area contributed by atoms with E-state index >= 15 is 0 Å². The maximum absolute atomic E-state index is 9.75. The van der Waals surface area contributed by atoms with E-state index in [0.717, 1.165) is 11.5 Å². The molecule has 0 amide bonds. The molecule has 0 heterocycles. The average Bonchev–Trinajstić information content (AvgIpc) is 3.17. The summed E-state index contributed by atoms with van der Waals surface area (Å²) in [5.74, 6) is 1.94. The third-order valence-corrected chi connectivity index (χ3v) is 4.30. The van der Waals surface area contributed by atoms with Gasteiger partial charge in [0.2, 0.25) is 5.75 Å². The fourth-order valence-corrected chi connectivity index (χ4v) is 3.56. The number of rotatable bonds is 7. The molecule has 0 aromatic heterocycles. The SMILES string of the molecule is CC(C)N(c1c(Oc2ccccc2)c1=[N+](C(C)C)C(C)C)C(C)C.F[B-](F)(F)F. The smallest absolute Gasteiger partial charge is 0.448 e. The molecule has 3 nitrogen and oxygen atoms in total. The summed E-state index contributed by atoms with van der Waals surface area (Å²) in [5, 5.41) is 1.27. The standard InChI is InChI=1S/C21H33N2O.BF4/c1-14(2)22(15(3)4)19-20(23(16(5)6)17(7)8)21(19)24-18-12-10-9-11-13-18;2-1(3,4)5/h9-17H,1-8H3;/q+1;-1. The molecule has 0 bridgehead atoms. The topological polar surface area (TPSA) is 15.5 Å². The number of benzene rings is 1. The predicted molar refractivity (Wildman–Crippen MR) is 114 cm³/mol. The van der Waals surface area contributed by atoms with Crippen LogP contribution >= 0.6 is 0 Å². The molecule has 164 valence electrons. The van der Waals surface area contributed by atoms with E-state index in [4.69, 9.17) is 4.74 Å². The monoisotopic (exact) mass is 416 g/mol. The molecule has 2 aromatic rings. The van der Waals surface area contributed by atoms with Gasteiger partial charge in [-0.15, -0.1) is 0 Å². The van der Waals surface area contributed by atoms with Crippen molar-refractivity contribution in [3.63, 3.8) is 0 Å². The molecule has 0 saturated carbocycles. The third-order valence-electron chi connectivity index (χ3n) is 4.30. The Morgan fingerprint density at radius 2 is 1.21 bits per heavy atom. The minimum Gasteiger partial charge on any atom is -0.448 e. The van der Waals surface area contributed by atoms with Crippen molar-refractivity contribution >= 4 is 12.9 Å². The van der Waals surface area contributed by atoms with Crippen molar-refractivity contribution in [1.29, 1.82) is 0 Å². The van der Waals surface area contributed by atoms with E-state index in [1.54, 1.807) is 0 Å². The van der Waals surface area contributed by atoms with Crippen LogP contribution in [-0.2, 0) is 0 Å².